The molecule has 2 aromatic rings. The Bertz CT molecular complexity index is 1090. The Morgan fingerprint density at radius 1 is 1.00 bits per heavy atom. The number of sulfone groups is 1. The average Bonchev–Trinajstić information content (AvgIpc) is 2.75. The van der Waals surface area contributed by atoms with E-state index in [1.165, 1.54) is 30.3 Å². The number of halogens is 7. The first-order chi connectivity index (χ1) is 15.1. The summed E-state index contributed by atoms with van der Waals surface area (Å²) in [6.07, 6.45) is -12.5. The summed E-state index contributed by atoms with van der Waals surface area (Å²) in [4.78, 5) is -0.408. The van der Waals surface area contributed by atoms with Crippen molar-refractivity contribution in [1.29, 1.82) is 0 Å². The molecule has 2 aromatic carbocycles. The number of benzene rings is 2. The zero-order valence-electron chi connectivity index (χ0n) is 17.4. The molecule has 4 atom stereocenters. The predicted molar refractivity (Wildman–Crippen MR) is 108 cm³/mol. The molecule has 0 aromatic heterocycles. The summed E-state index contributed by atoms with van der Waals surface area (Å²) >= 11 is 0. The van der Waals surface area contributed by atoms with Crippen molar-refractivity contribution in [2.75, 3.05) is 0 Å². The molecule has 1 fully saturated rings. The second-order valence-electron chi connectivity index (χ2n) is 8.54. The number of nitrogens with two attached hydrogens (primary N) is 1. The lowest BCUT2D eigenvalue weighted by molar-refractivity contribution is -0.322. The van der Waals surface area contributed by atoms with Crippen molar-refractivity contribution in [1.82, 2.24) is 0 Å². The third kappa shape index (κ3) is 3.82. The van der Waals surface area contributed by atoms with E-state index < -0.39 is 67.9 Å². The third-order valence-electron chi connectivity index (χ3n) is 6.87. The van der Waals surface area contributed by atoms with Gasteiger partial charge in [-0.25, -0.2) is 26.0 Å². The normalized spacial score (nSPS) is 28.5. The molecule has 0 aliphatic heterocycles. The quantitative estimate of drug-likeness (QED) is 0.436. The molecule has 3 rings (SSSR count). The predicted octanol–water partition coefficient (Wildman–Crippen LogP) is 5.55. The number of alkyl halides is 6. The molecule has 11 heteroatoms. The highest BCUT2D eigenvalue weighted by molar-refractivity contribution is 7.92. The molecule has 1 aliphatic carbocycles. The summed E-state index contributed by atoms with van der Waals surface area (Å²) in [7, 11) is -4.41. The minimum atomic E-state index is -6.04. The Labute approximate surface area is 186 Å². The van der Waals surface area contributed by atoms with Crippen LogP contribution in [0.5, 0.6) is 0 Å². The molecule has 4 unspecified atom stereocenters. The lowest BCUT2D eigenvalue weighted by Gasteiger charge is -2.57. The van der Waals surface area contributed by atoms with Gasteiger partial charge in [0.25, 0.3) is 12.1 Å². The van der Waals surface area contributed by atoms with Crippen LogP contribution in [0.2, 0.25) is 0 Å². The van der Waals surface area contributed by atoms with Gasteiger partial charge in [-0.05, 0) is 49.1 Å². The summed E-state index contributed by atoms with van der Waals surface area (Å²) < 4.78 is 125. The first-order valence-electron chi connectivity index (χ1n) is 9.99. The molecule has 2 N–H and O–H groups in total. The fraction of sp³-hybridized carbons (Fsp3) is 0.455. The van der Waals surface area contributed by atoms with Crippen molar-refractivity contribution in [3.63, 3.8) is 0 Å². The molecule has 0 spiro atoms. The Morgan fingerprint density at radius 3 is 2.03 bits per heavy atom. The Hall–Kier alpha value is -2.14. The Kier molecular flexibility index (Phi) is 6.38. The monoisotopic (exact) mass is 497 g/mol. The van der Waals surface area contributed by atoms with E-state index in [0.29, 0.717) is 6.92 Å². The molecule has 0 heterocycles. The highest BCUT2D eigenvalue weighted by Crippen LogP contribution is 2.63. The van der Waals surface area contributed by atoms with Crippen LogP contribution < -0.4 is 5.73 Å². The van der Waals surface area contributed by atoms with Gasteiger partial charge >= 0.3 is 6.18 Å². The van der Waals surface area contributed by atoms with Gasteiger partial charge in [-0.3, -0.25) is 0 Å². The van der Waals surface area contributed by atoms with Gasteiger partial charge in [-0.1, -0.05) is 37.3 Å². The first kappa shape index (κ1) is 25.5. The lowest BCUT2D eigenvalue weighted by Crippen LogP contribution is -2.71. The molecule has 0 bridgehead atoms. The van der Waals surface area contributed by atoms with Crippen molar-refractivity contribution >= 4 is 9.84 Å². The summed E-state index contributed by atoms with van der Waals surface area (Å²) in [5, 5.41) is -1.65. The van der Waals surface area contributed by atoms with Crippen molar-refractivity contribution in [2.45, 2.75) is 60.1 Å². The van der Waals surface area contributed by atoms with Crippen molar-refractivity contribution < 1.29 is 39.2 Å². The maximum absolute atomic E-state index is 15.7. The molecule has 3 nitrogen and oxygen atoms in total. The maximum Gasteiger partial charge on any atom is 0.428 e. The van der Waals surface area contributed by atoms with Crippen LogP contribution in [-0.2, 0) is 15.4 Å². The van der Waals surface area contributed by atoms with Gasteiger partial charge in [0, 0.05) is 5.41 Å². The van der Waals surface area contributed by atoms with E-state index in [0.717, 1.165) is 24.3 Å². The lowest BCUT2D eigenvalue weighted by atomic mass is 9.53. The molecule has 0 amide bonds. The van der Waals surface area contributed by atoms with Crippen molar-refractivity contribution in [3.05, 3.63) is 66.0 Å². The van der Waals surface area contributed by atoms with Crippen LogP contribution in [0.15, 0.2) is 59.5 Å². The second kappa shape index (κ2) is 8.26. The van der Waals surface area contributed by atoms with E-state index in [2.05, 4.69) is 0 Å². The van der Waals surface area contributed by atoms with E-state index in [1.54, 1.807) is 0 Å². The molecule has 0 saturated heterocycles. The molecular formula is C22H22F7NO2S. The highest BCUT2D eigenvalue weighted by Gasteiger charge is 2.77. The zero-order valence-corrected chi connectivity index (χ0v) is 18.2. The van der Waals surface area contributed by atoms with E-state index in [1.807, 2.05) is 0 Å². The molecule has 182 valence electrons. The largest absolute Gasteiger partial charge is 0.428 e. The summed E-state index contributed by atoms with van der Waals surface area (Å²) in [6, 6.07) is 10.5. The summed E-state index contributed by atoms with van der Waals surface area (Å²) in [6.45, 7) is 0.631. The third-order valence-corrected chi connectivity index (χ3v) is 9.08. The molecule has 33 heavy (non-hydrogen) atoms. The highest BCUT2D eigenvalue weighted by atomic mass is 32.2. The van der Waals surface area contributed by atoms with Gasteiger partial charge < -0.3 is 5.73 Å². The van der Waals surface area contributed by atoms with Gasteiger partial charge in [0.2, 0.25) is 0 Å². The summed E-state index contributed by atoms with van der Waals surface area (Å²) in [5.74, 6) is -0.745. The van der Waals surface area contributed by atoms with E-state index in [-0.39, 0.29) is 12.0 Å². The van der Waals surface area contributed by atoms with Crippen LogP contribution in [0.25, 0.3) is 0 Å². The van der Waals surface area contributed by atoms with Crippen LogP contribution in [0, 0.1) is 11.2 Å². The van der Waals surface area contributed by atoms with Crippen LogP contribution in [0.1, 0.15) is 31.7 Å². The van der Waals surface area contributed by atoms with Crippen LogP contribution in [0.4, 0.5) is 30.7 Å². The number of hydrogen-bond acceptors (Lipinski definition) is 3. The minimum absolute atomic E-state index is 0.0166. The first-order valence-corrected chi connectivity index (χ1v) is 11.5. The van der Waals surface area contributed by atoms with Crippen LogP contribution in [0.3, 0.4) is 0 Å². The molecule has 0 radical (unpaired) electrons. The van der Waals surface area contributed by atoms with Gasteiger partial charge in [0.05, 0.1) is 15.7 Å². The second-order valence-corrected chi connectivity index (χ2v) is 10.8. The SMILES string of the molecule is CC1(C(F)(C(F)F)C(F)(F)F)CC(S(=O)(=O)c2ccc(F)cc2)CCC1(N)c1ccccc1. The average molecular weight is 497 g/mol. The van der Waals surface area contributed by atoms with E-state index in [4.69, 9.17) is 5.73 Å². The molecule has 1 saturated carbocycles. The van der Waals surface area contributed by atoms with Crippen LogP contribution in [-0.4, -0.2) is 31.9 Å². The standard InChI is InChI=1S/C22H22F7NO2S/c1-19(21(26,18(24)25)22(27,28)29)13-17(33(31,32)16-9-7-15(23)8-10-16)11-12-20(19,30)14-5-3-2-4-6-14/h2-10,17-18H,11-13,30H2,1H3. The number of rotatable bonds is 5. The summed E-state index contributed by atoms with van der Waals surface area (Å²) in [5.41, 5.74) is -4.13. The Balaban J connectivity index is 2.21. The van der Waals surface area contributed by atoms with E-state index >= 15 is 4.39 Å². The van der Waals surface area contributed by atoms with Crippen molar-refractivity contribution in [2.24, 2.45) is 11.1 Å². The van der Waals surface area contributed by atoms with Crippen LogP contribution >= 0.6 is 0 Å². The minimum Gasteiger partial charge on any atom is -0.321 e. The maximum atomic E-state index is 15.7. The number of hydrogen-bond donors (Lipinski definition) is 1. The Morgan fingerprint density at radius 2 is 1.55 bits per heavy atom. The topological polar surface area (TPSA) is 60.2 Å². The van der Waals surface area contributed by atoms with Gasteiger partial charge in [0.15, 0.2) is 9.84 Å². The van der Waals surface area contributed by atoms with E-state index in [9.17, 15) is 34.8 Å². The fourth-order valence-electron chi connectivity index (χ4n) is 4.83. The fourth-order valence-corrected chi connectivity index (χ4v) is 6.72. The molecular weight excluding hydrogens is 475 g/mol. The smallest absolute Gasteiger partial charge is 0.321 e. The van der Waals surface area contributed by atoms with Gasteiger partial charge in [-0.2, -0.15) is 13.2 Å². The zero-order chi connectivity index (χ0) is 24.9. The van der Waals surface area contributed by atoms with Crippen molar-refractivity contribution in [3.8, 4) is 0 Å². The van der Waals surface area contributed by atoms with Gasteiger partial charge in [0.1, 0.15) is 5.82 Å². The molecule has 1 aliphatic rings. The van der Waals surface area contributed by atoms with Gasteiger partial charge in [-0.15, -0.1) is 0 Å².